The van der Waals surface area contributed by atoms with Crippen molar-refractivity contribution in [1.29, 1.82) is 0 Å². The predicted molar refractivity (Wildman–Crippen MR) is 86.8 cm³/mol. The fourth-order valence-corrected chi connectivity index (χ4v) is 2.51. The lowest BCUT2D eigenvalue weighted by molar-refractivity contribution is 0.179. The molecule has 0 radical (unpaired) electrons. The van der Waals surface area contributed by atoms with Gasteiger partial charge in [0.2, 0.25) is 0 Å². The van der Waals surface area contributed by atoms with Crippen molar-refractivity contribution >= 4 is 17.0 Å². The number of methoxy groups -OCH3 is 1. The van der Waals surface area contributed by atoms with Crippen molar-refractivity contribution in [2.75, 3.05) is 7.11 Å². The van der Waals surface area contributed by atoms with Crippen LogP contribution in [0.5, 0.6) is 5.75 Å². The summed E-state index contributed by atoms with van der Waals surface area (Å²) >= 11 is 0. The molecule has 0 aliphatic carbocycles. The number of nitrogens with zero attached hydrogens (tertiary/aromatic N) is 1. The van der Waals surface area contributed by atoms with E-state index in [1.165, 1.54) is 10.8 Å². The van der Waals surface area contributed by atoms with Gasteiger partial charge in [0, 0.05) is 24.3 Å². The van der Waals surface area contributed by atoms with Crippen LogP contribution >= 0.6 is 0 Å². The van der Waals surface area contributed by atoms with Crippen LogP contribution in [0.4, 0.5) is 4.79 Å². The molecule has 0 aliphatic heterocycles. The Morgan fingerprint density at radius 1 is 1.13 bits per heavy atom. The van der Waals surface area contributed by atoms with E-state index in [0.717, 1.165) is 16.5 Å². The Hall–Kier alpha value is -2.79. The van der Waals surface area contributed by atoms with E-state index in [4.69, 9.17) is 9.47 Å². The van der Waals surface area contributed by atoms with Gasteiger partial charge in [-0.05, 0) is 23.8 Å². The van der Waals surface area contributed by atoms with Crippen LogP contribution < -0.4 is 4.74 Å². The fraction of sp³-hybridized carbons (Fsp3) is 0.167. The summed E-state index contributed by atoms with van der Waals surface area (Å²) in [6, 6.07) is 15.3. The molecule has 2 aromatic carbocycles. The van der Waals surface area contributed by atoms with E-state index in [1.807, 2.05) is 36.4 Å². The zero-order chi connectivity index (χ0) is 16.2. The minimum Gasteiger partial charge on any atom is -0.489 e. The van der Waals surface area contributed by atoms with Gasteiger partial charge in [0.1, 0.15) is 12.4 Å². The molecule has 1 heterocycles. The van der Waals surface area contributed by atoms with E-state index in [2.05, 4.69) is 0 Å². The molecule has 0 spiro atoms. The number of hydrogen-bond donors (Lipinski definition) is 1. The van der Waals surface area contributed by atoms with E-state index < -0.39 is 6.09 Å². The SMILES string of the molecule is COCc1cc2c(ccn2C(=O)O)cc1OCc1ccccc1. The van der Waals surface area contributed by atoms with Crippen molar-refractivity contribution in [3.8, 4) is 5.75 Å². The first-order valence-corrected chi connectivity index (χ1v) is 7.22. The minimum atomic E-state index is -1.01. The molecule has 0 amide bonds. The van der Waals surface area contributed by atoms with Crippen LogP contribution in [0.25, 0.3) is 10.9 Å². The molecule has 5 heteroatoms. The smallest absolute Gasteiger partial charge is 0.415 e. The molecule has 118 valence electrons. The second kappa shape index (κ2) is 6.54. The van der Waals surface area contributed by atoms with Gasteiger partial charge in [0.25, 0.3) is 0 Å². The molecule has 1 aromatic heterocycles. The van der Waals surface area contributed by atoms with E-state index in [9.17, 15) is 9.90 Å². The molecular weight excluding hydrogens is 294 g/mol. The Kier molecular flexibility index (Phi) is 4.30. The average molecular weight is 311 g/mol. The lowest BCUT2D eigenvalue weighted by Crippen LogP contribution is -2.06. The summed E-state index contributed by atoms with van der Waals surface area (Å²) in [5.74, 6) is 0.700. The lowest BCUT2D eigenvalue weighted by Gasteiger charge is -2.12. The molecule has 0 saturated carbocycles. The van der Waals surface area contributed by atoms with E-state index in [1.54, 1.807) is 19.2 Å². The number of carbonyl (C=O) groups is 1. The van der Waals surface area contributed by atoms with Crippen LogP contribution in [-0.4, -0.2) is 22.9 Å². The molecule has 3 aromatic rings. The lowest BCUT2D eigenvalue weighted by atomic mass is 10.1. The van der Waals surface area contributed by atoms with Gasteiger partial charge in [-0.1, -0.05) is 30.3 Å². The van der Waals surface area contributed by atoms with Crippen LogP contribution in [0.3, 0.4) is 0 Å². The summed E-state index contributed by atoms with van der Waals surface area (Å²) in [6.45, 7) is 0.799. The normalized spacial score (nSPS) is 10.8. The zero-order valence-electron chi connectivity index (χ0n) is 12.7. The first kappa shape index (κ1) is 15.1. The topological polar surface area (TPSA) is 60.7 Å². The zero-order valence-corrected chi connectivity index (χ0v) is 12.7. The Morgan fingerprint density at radius 3 is 2.61 bits per heavy atom. The van der Waals surface area contributed by atoms with Gasteiger partial charge >= 0.3 is 6.09 Å². The van der Waals surface area contributed by atoms with Gasteiger partial charge < -0.3 is 14.6 Å². The first-order valence-electron chi connectivity index (χ1n) is 7.22. The van der Waals surface area contributed by atoms with Crippen molar-refractivity contribution in [1.82, 2.24) is 4.57 Å². The molecule has 1 N–H and O–H groups in total. The molecule has 0 atom stereocenters. The third-order valence-electron chi connectivity index (χ3n) is 3.62. The number of carboxylic acid groups (broad SMARTS) is 1. The van der Waals surface area contributed by atoms with Crippen LogP contribution in [0.2, 0.25) is 0 Å². The van der Waals surface area contributed by atoms with E-state index in [0.29, 0.717) is 24.5 Å². The van der Waals surface area contributed by atoms with E-state index in [-0.39, 0.29) is 0 Å². The van der Waals surface area contributed by atoms with Crippen molar-refractivity contribution in [3.05, 3.63) is 65.9 Å². The average Bonchev–Trinajstić information content (AvgIpc) is 2.97. The molecule has 0 saturated heterocycles. The standard InChI is InChI=1S/C18H17NO4/c1-22-12-15-9-16-14(7-8-19(16)18(20)21)10-17(15)23-11-13-5-3-2-4-6-13/h2-10H,11-12H2,1H3,(H,20,21). The number of ether oxygens (including phenoxy) is 2. The molecule has 23 heavy (non-hydrogen) atoms. The summed E-state index contributed by atoms with van der Waals surface area (Å²) in [6.07, 6.45) is 0.520. The number of aromatic nitrogens is 1. The Morgan fingerprint density at radius 2 is 1.91 bits per heavy atom. The van der Waals surface area contributed by atoms with Crippen LogP contribution in [0.1, 0.15) is 11.1 Å². The number of hydrogen-bond acceptors (Lipinski definition) is 3. The fourth-order valence-electron chi connectivity index (χ4n) is 2.51. The van der Waals surface area contributed by atoms with Crippen molar-refractivity contribution < 1.29 is 19.4 Å². The molecule has 0 bridgehead atoms. The number of benzene rings is 2. The van der Waals surface area contributed by atoms with Gasteiger partial charge in [-0.15, -0.1) is 0 Å². The van der Waals surface area contributed by atoms with Crippen LogP contribution in [-0.2, 0) is 18.0 Å². The maximum atomic E-state index is 11.2. The first-order chi connectivity index (χ1) is 11.2. The quantitative estimate of drug-likeness (QED) is 0.776. The number of rotatable bonds is 5. The van der Waals surface area contributed by atoms with E-state index >= 15 is 0 Å². The minimum absolute atomic E-state index is 0.352. The van der Waals surface area contributed by atoms with Gasteiger partial charge in [0.05, 0.1) is 12.1 Å². The third kappa shape index (κ3) is 3.19. The highest BCUT2D eigenvalue weighted by Gasteiger charge is 2.12. The molecular formula is C18H17NO4. The highest BCUT2D eigenvalue weighted by Crippen LogP contribution is 2.28. The summed E-state index contributed by atoms with van der Waals surface area (Å²) < 4.78 is 12.3. The Bertz CT molecular complexity index is 824. The second-order valence-corrected chi connectivity index (χ2v) is 5.19. The summed E-state index contributed by atoms with van der Waals surface area (Å²) in [4.78, 5) is 11.2. The Labute approximate surface area is 133 Å². The summed E-state index contributed by atoms with van der Waals surface area (Å²) in [7, 11) is 1.60. The van der Waals surface area contributed by atoms with Gasteiger partial charge in [-0.25, -0.2) is 4.79 Å². The van der Waals surface area contributed by atoms with Crippen LogP contribution in [0, 0.1) is 0 Å². The van der Waals surface area contributed by atoms with Gasteiger partial charge in [-0.2, -0.15) is 0 Å². The maximum absolute atomic E-state index is 11.2. The Balaban J connectivity index is 1.94. The number of fused-ring (bicyclic) bond motifs is 1. The maximum Gasteiger partial charge on any atom is 0.415 e. The molecule has 5 nitrogen and oxygen atoms in total. The van der Waals surface area contributed by atoms with Gasteiger partial charge in [0.15, 0.2) is 0 Å². The third-order valence-corrected chi connectivity index (χ3v) is 3.62. The summed E-state index contributed by atoms with van der Waals surface area (Å²) in [5.41, 5.74) is 2.51. The molecule has 0 fully saturated rings. The van der Waals surface area contributed by atoms with Crippen molar-refractivity contribution in [2.24, 2.45) is 0 Å². The van der Waals surface area contributed by atoms with Gasteiger partial charge in [-0.3, -0.25) is 4.57 Å². The van der Waals surface area contributed by atoms with Crippen molar-refractivity contribution in [3.63, 3.8) is 0 Å². The molecule has 0 unspecified atom stereocenters. The molecule has 3 rings (SSSR count). The van der Waals surface area contributed by atoms with Crippen LogP contribution in [0.15, 0.2) is 54.7 Å². The molecule has 0 aliphatic rings. The largest absolute Gasteiger partial charge is 0.489 e. The predicted octanol–water partition coefficient (Wildman–Crippen LogP) is 3.89. The van der Waals surface area contributed by atoms with Crippen molar-refractivity contribution in [2.45, 2.75) is 13.2 Å². The highest BCUT2D eigenvalue weighted by atomic mass is 16.5. The monoisotopic (exact) mass is 311 g/mol. The second-order valence-electron chi connectivity index (χ2n) is 5.19. The highest BCUT2D eigenvalue weighted by molar-refractivity contribution is 5.90. The summed E-state index contributed by atoms with van der Waals surface area (Å²) in [5, 5.41) is 10.0.